The molecule has 0 aliphatic heterocycles. The van der Waals surface area contributed by atoms with E-state index in [4.69, 9.17) is 5.73 Å². The molecule has 0 radical (unpaired) electrons. The summed E-state index contributed by atoms with van der Waals surface area (Å²) in [6.45, 7) is 1.30. The molecule has 0 amide bonds. The van der Waals surface area contributed by atoms with Gasteiger partial charge in [0, 0.05) is 12.1 Å². The van der Waals surface area contributed by atoms with E-state index < -0.39 is 21.8 Å². The summed E-state index contributed by atoms with van der Waals surface area (Å²) in [7, 11) is -3.97. The minimum absolute atomic E-state index is 0.00455. The van der Waals surface area contributed by atoms with Crippen molar-refractivity contribution in [3.05, 3.63) is 29.3 Å². The number of hydrogen-bond acceptors (Lipinski definition) is 3. The summed E-state index contributed by atoms with van der Waals surface area (Å²) in [5.41, 5.74) is 4.82. The highest BCUT2D eigenvalue weighted by molar-refractivity contribution is 7.89. The minimum atomic E-state index is -4.58. The van der Waals surface area contributed by atoms with Crippen molar-refractivity contribution < 1.29 is 21.6 Å². The molecule has 0 aromatic heterocycles. The van der Waals surface area contributed by atoms with E-state index in [9.17, 15) is 21.6 Å². The largest absolute Gasteiger partial charge is 0.416 e. The molecule has 0 atom stereocenters. The van der Waals surface area contributed by atoms with E-state index in [1.165, 1.54) is 19.1 Å². The summed E-state index contributed by atoms with van der Waals surface area (Å²) < 4.78 is 65.7. The smallest absolute Gasteiger partial charge is 0.328 e. The van der Waals surface area contributed by atoms with Gasteiger partial charge in [0.05, 0.1) is 10.5 Å². The van der Waals surface area contributed by atoms with Crippen LogP contribution in [0.1, 0.15) is 36.8 Å². The Morgan fingerprint density at radius 3 is 2.32 bits per heavy atom. The first-order chi connectivity index (χ1) is 10.1. The Bertz CT molecular complexity index is 636. The number of aryl methyl sites for hydroxylation is 1. The Morgan fingerprint density at radius 2 is 1.77 bits per heavy atom. The summed E-state index contributed by atoms with van der Waals surface area (Å²) in [4.78, 5) is -0.361. The van der Waals surface area contributed by atoms with Gasteiger partial charge in [0.2, 0.25) is 10.0 Å². The zero-order valence-electron chi connectivity index (χ0n) is 12.2. The Balaban J connectivity index is 2.23. The topological polar surface area (TPSA) is 72.2 Å². The first-order valence-corrected chi connectivity index (χ1v) is 8.53. The van der Waals surface area contributed by atoms with Crippen molar-refractivity contribution in [1.29, 1.82) is 0 Å². The molecule has 0 saturated heterocycles. The van der Waals surface area contributed by atoms with Gasteiger partial charge in [0.15, 0.2) is 0 Å². The van der Waals surface area contributed by atoms with E-state index in [-0.39, 0.29) is 22.5 Å². The van der Waals surface area contributed by atoms with Crippen molar-refractivity contribution >= 4 is 10.0 Å². The van der Waals surface area contributed by atoms with Crippen LogP contribution in [-0.2, 0) is 16.2 Å². The molecule has 0 heterocycles. The van der Waals surface area contributed by atoms with Gasteiger partial charge in [-0.05, 0) is 50.3 Å². The molecular formula is C14H19F3N2O2S. The molecule has 0 unspecified atom stereocenters. The highest BCUT2D eigenvalue weighted by Crippen LogP contribution is 2.33. The van der Waals surface area contributed by atoms with E-state index in [1.54, 1.807) is 0 Å². The number of rotatable bonds is 3. The van der Waals surface area contributed by atoms with Gasteiger partial charge in [-0.1, -0.05) is 6.07 Å². The van der Waals surface area contributed by atoms with Crippen LogP contribution in [0.4, 0.5) is 13.2 Å². The molecule has 1 aromatic rings. The molecule has 0 spiro atoms. The number of nitrogens with one attached hydrogen (secondary N) is 1. The van der Waals surface area contributed by atoms with E-state index in [0.29, 0.717) is 31.7 Å². The second-order valence-electron chi connectivity index (χ2n) is 5.71. The number of halogens is 3. The fourth-order valence-corrected chi connectivity index (χ4v) is 3.93. The number of hydrogen-bond donors (Lipinski definition) is 2. The normalized spacial score (nSPS) is 23.5. The molecule has 1 saturated carbocycles. The van der Waals surface area contributed by atoms with Crippen molar-refractivity contribution in [2.24, 2.45) is 5.73 Å². The molecule has 0 bridgehead atoms. The van der Waals surface area contributed by atoms with Gasteiger partial charge in [-0.15, -0.1) is 0 Å². The first-order valence-electron chi connectivity index (χ1n) is 7.05. The minimum Gasteiger partial charge on any atom is -0.328 e. The van der Waals surface area contributed by atoms with E-state index >= 15 is 0 Å². The van der Waals surface area contributed by atoms with Crippen LogP contribution < -0.4 is 10.5 Å². The fraction of sp³-hybridized carbons (Fsp3) is 0.571. The van der Waals surface area contributed by atoms with Crippen LogP contribution in [-0.4, -0.2) is 20.5 Å². The van der Waals surface area contributed by atoms with Gasteiger partial charge < -0.3 is 5.73 Å². The lowest BCUT2D eigenvalue weighted by molar-refractivity contribution is -0.138. The lowest BCUT2D eigenvalue weighted by Gasteiger charge is -2.26. The van der Waals surface area contributed by atoms with Crippen molar-refractivity contribution in [2.75, 3.05) is 0 Å². The van der Waals surface area contributed by atoms with Gasteiger partial charge in [0.25, 0.3) is 0 Å². The quantitative estimate of drug-likeness (QED) is 0.891. The van der Waals surface area contributed by atoms with Gasteiger partial charge in [-0.2, -0.15) is 13.2 Å². The van der Waals surface area contributed by atoms with Crippen molar-refractivity contribution in [3.8, 4) is 0 Å². The second kappa shape index (κ2) is 6.17. The lowest BCUT2D eigenvalue weighted by atomic mass is 9.93. The fourth-order valence-electron chi connectivity index (χ4n) is 2.60. The third kappa shape index (κ3) is 3.99. The summed E-state index contributed by atoms with van der Waals surface area (Å²) in [6, 6.07) is 2.85. The third-order valence-corrected chi connectivity index (χ3v) is 5.44. The molecule has 1 aliphatic rings. The van der Waals surface area contributed by atoms with Gasteiger partial charge in [0.1, 0.15) is 0 Å². The Labute approximate surface area is 127 Å². The Morgan fingerprint density at radius 1 is 1.18 bits per heavy atom. The van der Waals surface area contributed by atoms with Gasteiger partial charge in [-0.25, -0.2) is 13.1 Å². The van der Waals surface area contributed by atoms with E-state index in [0.717, 1.165) is 0 Å². The van der Waals surface area contributed by atoms with Crippen LogP contribution in [0, 0.1) is 6.92 Å². The third-order valence-electron chi connectivity index (χ3n) is 3.92. The molecule has 3 N–H and O–H groups in total. The number of nitrogens with two attached hydrogens (primary N) is 1. The average molecular weight is 336 g/mol. The van der Waals surface area contributed by atoms with Crippen molar-refractivity contribution in [2.45, 2.75) is 55.8 Å². The molecule has 2 rings (SSSR count). The number of benzene rings is 1. The van der Waals surface area contributed by atoms with Crippen LogP contribution in [0.25, 0.3) is 0 Å². The Kier molecular flexibility index (Phi) is 4.84. The van der Waals surface area contributed by atoms with Crippen molar-refractivity contribution in [1.82, 2.24) is 4.72 Å². The number of alkyl halides is 3. The molecular weight excluding hydrogens is 317 g/mol. The second-order valence-corrected chi connectivity index (χ2v) is 7.42. The summed E-state index contributed by atoms with van der Waals surface area (Å²) in [6.07, 6.45) is -1.98. The van der Waals surface area contributed by atoms with Crippen LogP contribution in [0.3, 0.4) is 0 Å². The Hall–Kier alpha value is -1.12. The summed E-state index contributed by atoms with van der Waals surface area (Å²) in [5.74, 6) is 0. The maximum absolute atomic E-state index is 12.9. The van der Waals surface area contributed by atoms with Crippen LogP contribution in [0.15, 0.2) is 23.1 Å². The lowest BCUT2D eigenvalue weighted by Crippen LogP contribution is -2.40. The summed E-state index contributed by atoms with van der Waals surface area (Å²) in [5, 5.41) is 0. The molecule has 22 heavy (non-hydrogen) atoms. The van der Waals surface area contributed by atoms with E-state index in [2.05, 4.69) is 4.72 Å². The zero-order valence-corrected chi connectivity index (χ0v) is 13.0. The first kappa shape index (κ1) is 17.2. The van der Waals surface area contributed by atoms with Crippen molar-refractivity contribution in [3.63, 3.8) is 0 Å². The predicted octanol–water partition coefficient (Wildman–Crippen LogP) is 2.56. The van der Waals surface area contributed by atoms with Crippen LogP contribution >= 0.6 is 0 Å². The molecule has 1 aliphatic carbocycles. The molecule has 124 valence electrons. The van der Waals surface area contributed by atoms with Crippen LogP contribution in [0.2, 0.25) is 0 Å². The van der Waals surface area contributed by atoms with Gasteiger partial charge in [-0.3, -0.25) is 0 Å². The SMILES string of the molecule is Cc1ccc(S(=O)(=O)NC2CCC(N)CC2)cc1C(F)(F)F. The number of sulfonamides is 1. The highest BCUT2D eigenvalue weighted by Gasteiger charge is 2.34. The van der Waals surface area contributed by atoms with Crippen LogP contribution in [0.5, 0.6) is 0 Å². The zero-order chi connectivity index (χ0) is 16.5. The average Bonchev–Trinajstić information content (AvgIpc) is 2.40. The standard InChI is InChI=1S/C14H19F3N2O2S/c1-9-2-7-12(8-13(9)14(15,16)17)22(20,21)19-11-5-3-10(18)4-6-11/h2,7-8,10-11,19H,3-6,18H2,1H3. The molecule has 4 nitrogen and oxygen atoms in total. The maximum atomic E-state index is 12.9. The monoisotopic (exact) mass is 336 g/mol. The maximum Gasteiger partial charge on any atom is 0.416 e. The molecule has 8 heteroatoms. The highest BCUT2D eigenvalue weighted by atomic mass is 32.2. The predicted molar refractivity (Wildman–Crippen MR) is 76.7 cm³/mol. The molecule has 1 aromatic carbocycles. The van der Waals surface area contributed by atoms with Gasteiger partial charge >= 0.3 is 6.18 Å². The summed E-state index contributed by atoms with van der Waals surface area (Å²) >= 11 is 0. The van der Waals surface area contributed by atoms with E-state index in [1.807, 2.05) is 0 Å². The molecule has 1 fully saturated rings.